The van der Waals surface area contributed by atoms with Crippen molar-refractivity contribution in [2.24, 2.45) is 16.5 Å². The quantitative estimate of drug-likeness (QED) is 0.572. The van der Waals surface area contributed by atoms with Gasteiger partial charge in [-0.25, -0.2) is 5.10 Å². The van der Waals surface area contributed by atoms with Gasteiger partial charge in [-0.2, -0.15) is 10.4 Å². The average Bonchev–Trinajstić information content (AvgIpc) is 2.71. The van der Waals surface area contributed by atoms with Gasteiger partial charge in [-0.15, -0.1) is 0 Å². The Morgan fingerprint density at radius 2 is 2.10 bits per heavy atom. The third-order valence-corrected chi connectivity index (χ3v) is 4.90. The highest BCUT2D eigenvalue weighted by Gasteiger charge is 2.19. The Morgan fingerprint density at radius 1 is 1.34 bits per heavy atom. The van der Waals surface area contributed by atoms with Gasteiger partial charge in [0.1, 0.15) is 6.07 Å². The van der Waals surface area contributed by atoms with Crippen molar-refractivity contribution in [3.63, 3.8) is 0 Å². The number of hydrogen-bond acceptors (Lipinski definition) is 6. The van der Waals surface area contributed by atoms with E-state index in [2.05, 4.69) is 21.3 Å². The fourth-order valence-corrected chi connectivity index (χ4v) is 3.59. The monoisotopic (exact) mass is 406 g/mol. The SMILES string of the molecule is CN=C(/C(=C\N)c1ccc2c(=O)[nH]nc(CN)c2c1)c1cc(Cl)cc(C)c1C#N. The van der Waals surface area contributed by atoms with Crippen molar-refractivity contribution in [3.05, 3.63) is 79.9 Å². The lowest BCUT2D eigenvalue weighted by molar-refractivity contribution is 0.900. The predicted molar refractivity (Wildman–Crippen MR) is 116 cm³/mol. The largest absolute Gasteiger partial charge is 0.404 e. The molecule has 5 N–H and O–H groups in total. The summed E-state index contributed by atoms with van der Waals surface area (Å²) in [7, 11) is 1.62. The maximum Gasteiger partial charge on any atom is 0.272 e. The van der Waals surface area contributed by atoms with Gasteiger partial charge in [-0.05, 0) is 42.3 Å². The van der Waals surface area contributed by atoms with E-state index < -0.39 is 0 Å². The van der Waals surface area contributed by atoms with Gasteiger partial charge in [0.25, 0.3) is 5.56 Å². The molecule has 7 nitrogen and oxygen atoms in total. The zero-order valence-corrected chi connectivity index (χ0v) is 16.7. The molecule has 146 valence electrons. The summed E-state index contributed by atoms with van der Waals surface area (Å²) in [5.41, 5.74) is 15.6. The van der Waals surface area contributed by atoms with E-state index in [1.54, 1.807) is 37.4 Å². The number of nitrogens with one attached hydrogen (secondary N) is 1. The fraction of sp³-hybridized carbons (Fsp3) is 0.143. The van der Waals surface area contributed by atoms with Crippen LogP contribution in [0.25, 0.3) is 16.3 Å². The molecule has 0 unspecified atom stereocenters. The Balaban J connectivity index is 2.25. The van der Waals surface area contributed by atoms with Crippen LogP contribution < -0.4 is 17.0 Å². The summed E-state index contributed by atoms with van der Waals surface area (Å²) in [6.07, 6.45) is 1.42. The number of allylic oxidation sites excluding steroid dienone is 1. The topological polar surface area (TPSA) is 134 Å². The average molecular weight is 407 g/mol. The third kappa shape index (κ3) is 3.63. The molecule has 8 heteroatoms. The Labute approximate surface area is 172 Å². The van der Waals surface area contributed by atoms with E-state index in [1.807, 2.05) is 6.92 Å². The van der Waals surface area contributed by atoms with Crippen LogP contribution >= 0.6 is 11.6 Å². The number of nitriles is 1. The summed E-state index contributed by atoms with van der Waals surface area (Å²) >= 11 is 6.23. The molecule has 0 fully saturated rings. The van der Waals surface area contributed by atoms with Crippen LogP contribution in [0.5, 0.6) is 0 Å². The van der Waals surface area contributed by atoms with Crippen LogP contribution in [0, 0.1) is 18.3 Å². The molecule has 1 heterocycles. The molecule has 0 radical (unpaired) electrons. The summed E-state index contributed by atoms with van der Waals surface area (Å²) in [6.45, 7) is 1.98. The minimum absolute atomic E-state index is 0.166. The highest BCUT2D eigenvalue weighted by molar-refractivity contribution is 6.35. The molecule has 3 aromatic rings. The highest BCUT2D eigenvalue weighted by Crippen LogP contribution is 2.28. The standard InChI is InChI=1S/C21H19ClN6O/c1-11-5-13(22)7-16(17(11)8-23)20(26-2)18(9-24)12-3-4-14-15(6-12)19(10-25)27-28-21(14)29/h3-7,9H,10,24-25H2,1-2H3,(H,28,29)/b18-9-,26-20?. The number of benzene rings is 2. The molecule has 2 aromatic carbocycles. The molecule has 0 aliphatic rings. The van der Waals surface area contributed by atoms with E-state index in [9.17, 15) is 10.1 Å². The van der Waals surface area contributed by atoms with E-state index in [4.69, 9.17) is 23.1 Å². The van der Waals surface area contributed by atoms with Crippen molar-refractivity contribution in [2.45, 2.75) is 13.5 Å². The molecule has 0 aliphatic carbocycles. The summed E-state index contributed by atoms with van der Waals surface area (Å²) in [6, 6.07) is 10.9. The summed E-state index contributed by atoms with van der Waals surface area (Å²) < 4.78 is 0. The first kappa shape index (κ1) is 20.3. The zero-order chi connectivity index (χ0) is 21.1. The van der Waals surface area contributed by atoms with E-state index in [0.717, 1.165) is 5.56 Å². The first-order valence-corrected chi connectivity index (χ1v) is 9.14. The van der Waals surface area contributed by atoms with Crippen LogP contribution in [0.1, 0.15) is 27.9 Å². The van der Waals surface area contributed by atoms with Crippen LogP contribution in [0.15, 0.2) is 46.3 Å². The maximum atomic E-state index is 12.1. The number of aromatic amines is 1. The normalized spacial score (nSPS) is 12.2. The van der Waals surface area contributed by atoms with Crippen molar-refractivity contribution < 1.29 is 0 Å². The number of fused-ring (bicyclic) bond motifs is 1. The number of rotatable bonds is 4. The molecule has 29 heavy (non-hydrogen) atoms. The van der Waals surface area contributed by atoms with E-state index in [0.29, 0.717) is 49.5 Å². The number of nitrogens with two attached hydrogens (primary N) is 2. The lowest BCUT2D eigenvalue weighted by Gasteiger charge is -2.15. The number of H-pyrrole nitrogens is 1. The zero-order valence-electron chi connectivity index (χ0n) is 16.0. The van der Waals surface area contributed by atoms with Gasteiger partial charge < -0.3 is 11.5 Å². The van der Waals surface area contributed by atoms with Crippen LogP contribution in [0.4, 0.5) is 0 Å². The lowest BCUT2D eigenvalue weighted by Crippen LogP contribution is -2.14. The Bertz CT molecular complexity index is 1270. The third-order valence-electron chi connectivity index (χ3n) is 4.68. The van der Waals surface area contributed by atoms with E-state index in [1.165, 1.54) is 6.20 Å². The van der Waals surface area contributed by atoms with Crippen molar-refractivity contribution in [3.8, 4) is 6.07 Å². The number of hydrogen-bond donors (Lipinski definition) is 3. The smallest absolute Gasteiger partial charge is 0.272 e. The number of aromatic nitrogens is 2. The van der Waals surface area contributed by atoms with Gasteiger partial charge in [0.2, 0.25) is 0 Å². The van der Waals surface area contributed by atoms with E-state index in [-0.39, 0.29) is 12.1 Å². The number of halogens is 1. The molecule has 0 saturated heterocycles. The fourth-order valence-electron chi connectivity index (χ4n) is 3.32. The molecule has 1 aromatic heterocycles. The minimum atomic E-state index is -0.302. The summed E-state index contributed by atoms with van der Waals surface area (Å²) in [5.74, 6) is 0. The van der Waals surface area contributed by atoms with Gasteiger partial charge in [-0.3, -0.25) is 9.79 Å². The van der Waals surface area contributed by atoms with Gasteiger partial charge in [0.15, 0.2) is 0 Å². The Morgan fingerprint density at radius 3 is 2.72 bits per heavy atom. The summed E-state index contributed by atoms with van der Waals surface area (Å²) in [4.78, 5) is 16.5. The van der Waals surface area contributed by atoms with Gasteiger partial charge in [0.05, 0.1) is 22.4 Å². The number of aliphatic imine (C=N–C) groups is 1. The molecular weight excluding hydrogens is 388 g/mol. The second-order valence-electron chi connectivity index (χ2n) is 6.37. The maximum absolute atomic E-state index is 12.1. The van der Waals surface area contributed by atoms with Gasteiger partial charge >= 0.3 is 0 Å². The van der Waals surface area contributed by atoms with Crippen molar-refractivity contribution in [1.82, 2.24) is 10.2 Å². The highest BCUT2D eigenvalue weighted by atomic mass is 35.5. The second kappa shape index (κ2) is 8.27. The van der Waals surface area contributed by atoms with Crippen LogP contribution in [0.3, 0.4) is 0 Å². The van der Waals surface area contributed by atoms with Crippen LogP contribution in [-0.2, 0) is 6.54 Å². The summed E-state index contributed by atoms with van der Waals surface area (Å²) in [5, 5.41) is 17.7. The Kier molecular flexibility index (Phi) is 5.78. The lowest BCUT2D eigenvalue weighted by atomic mass is 9.91. The molecule has 0 bridgehead atoms. The molecule has 0 atom stereocenters. The number of nitrogens with zero attached hydrogens (tertiary/aromatic N) is 3. The van der Waals surface area contributed by atoms with Crippen molar-refractivity contribution in [1.29, 1.82) is 5.26 Å². The van der Waals surface area contributed by atoms with Crippen LogP contribution in [-0.4, -0.2) is 23.0 Å². The molecular formula is C21H19ClN6O. The van der Waals surface area contributed by atoms with Crippen molar-refractivity contribution >= 4 is 33.7 Å². The van der Waals surface area contributed by atoms with Gasteiger partial charge in [-0.1, -0.05) is 17.7 Å². The Hall–Kier alpha value is -3.47. The molecule has 0 spiro atoms. The molecule has 0 saturated carbocycles. The van der Waals surface area contributed by atoms with Crippen molar-refractivity contribution in [2.75, 3.05) is 7.05 Å². The number of aryl methyl sites for hydroxylation is 1. The second-order valence-corrected chi connectivity index (χ2v) is 6.81. The van der Waals surface area contributed by atoms with Gasteiger partial charge in [0, 0.05) is 41.3 Å². The van der Waals surface area contributed by atoms with E-state index >= 15 is 0 Å². The predicted octanol–water partition coefficient (Wildman–Crippen LogP) is 2.63. The first-order valence-electron chi connectivity index (χ1n) is 8.76. The molecule has 0 aliphatic heterocycles. The minimum Gasteiger partial charge on any atom is -0.404 e. The molecule has 0 amide bonds. The molecule has 3 rings (SSSR count). The first-order chi connectivity index (χ1) is 13.9. The van der Waals surface area contributed by atoms with Crippen LogP contribution in [0.2, 0.25) is 5.02 Å².